The van der Waals surface area contributed by atoms with Crippen molar-refractivity contribution >= 4 is 11.6 Å². The van der Waals surface area contributed by atoms with Gasteiger partial charge in [0, 0.05) is 6.07 Å². The molecule has 0 spiro atoms. The first kappa shape index (κ1) is 18.3. The number of carbonyl (C=O) groups excluding carboxylic acids is 1. The van der Waals surface area contributed by atoms with E-state index in [0.717, 1.165) is 25.9 Å². The highest BCUT2D eigenvalue weighted by atomic mass is 16.5. The monoisotopic (exact) mass is 354 g/mol. The Morgan fingerprint density at radius 1 is 1.08 bits per heavy atom. The molecule has 0 bridgehead atoms. The lowest BCUT2D eigenvalue weighted by Gasteiger charge is -2.31. The largest absolute Gasteiger partial charge is 0.497 e. The van der Waals surface area contributed by atoms with Crippen LogP contribution in [0.2, 0.25) is 0 Å². The zero-order valence-corrected chi connectivity index (χ0v) is 15.4. The molecule has 3 rings (SSSR count). The summed E-state index contributed by atoms with van der Waals surface area (Å²) in [6.07, 6.45) is 2.17. The zero-order valence-electron chi connectivity index (χ0n) is 15.4. The summed E-state index contributed by atoms with van der Waals surface area (Å²) in [5, 5.41) is 2.94. The number of likely N-dealkylation sites (tertiary alicyclic amines) is 1. The Morgan fingerprint density at radius 2 is 1.81 bits per heavy atom. The van der Waals surface area contributed by atoms with E-state index in [2.05, 4.69) is 40.5 Å². The van der Waals surface area contributed by atoms with Crippen LogP contribution in [0.3, 0.4) is 0 Å². The van der Waals surface area contributed by atoms with Crippen LogP contribution in [-0.2, 0) is 4.79 Å². The Bertz CT molecular complexity index is 725. The van der Waals surface area contributed by atoms with Gasteiger partial charge in [0.25, 0.3) is 0 Å². The number of piperidine rings is 1. The summed E-state index contributed by atoms with van der Waals surface area (Å²) < 4.78 is 10.5. The fourth-order valence-electron chi connectivity index (χ4n) is 3.44. The van der Waals surface area contributed by atoms with Crippen LogP contribution in [0, 0.1) is 0 Å². The third kappa shape index (κ3) is 4.55. The number of carbonyl (C=O) groups is 1. The van der Waals surface area contributed by atoms with Gasteiger partial charge >= 0.3 is 0 Å². The molecule has 0 radical (unpaired) electrons. The average Bonchev–Trinajstić information content (AvgIpc) is 2.69. The molecule has 0 unspecified atom stereocenters. The first-order chi connectivity index (χ1) is 12.7. The predicted octanol–water partition coefficient (Wildman–Crippen LogP) is 3.52. The number of methoxy groups -OCH3 is 2. The molecule has 0 aromatic heterocycles. The maximum Gasteiger partial charge on any atom is 0.238 e. The quantitative estimate of drug-likeness (QED) is 0.862. The molecule has 5 heteroatoms. The van der Waals surface area contributed by atoms with Crippen LogP contribution in [-0.4, -0.2) is 44.7 Å². The average molecular weight is 354 g/mol. The maximum atomic E-state index is 12.4. The molecule has 1 fully saturated rings. The van der Waals surface area contributed by atoms with Crippen LogP contribution in [0.15, 0.2) is 48.5 Å². The van der Waals surface area contributed by atoms with Gasteiger partial charge in [-0.25, -0.2) is 0 Å². The van der Waals surface area contributed by atoms with Crippen LogP contribution in [0.1, 0.15) is 24.3 Å². The third-order valence-corrected chi connectivity index (χ3v) is 4.91. The van der Waals surface area contributed by atoms with Gasteiger partial charge in [-0.2, -0.15) is 0 Å². The minimum atomic E-state index is -0.0216. The minimum absolute atomic E-state index is 0.0216. The number of nitrogens with zero attached hydrogens (tertiary/aromatic N) is 1. The molecule has 2 aromatic carbocycles. The Kier molecular flexibility index (Phi) is 6.12. The van der Waals surface area contributed by atoms with Crippen molar-refractivity contribution in [3.63, 3.8) is 0 Å². The third-order valence-electron chi connectivity index (χ3n) is 4.91. The molecule has 0 saturated carbocycles. The summed E-state index contributed by atoms with van der Waals surface area (Å²) >= 11 is 0. The molecule has 0 atom stereocenters. The van der Waals surface area contributed by atoms with Crippen LogP contribution in [0.5, 0.6) is 11.5 Å². The molecule has 5 nitrogen and oxygen atoms in total. The fourth-order valence-corrected chi connectivity index (χ4v) is 3.44. The van der Waals surface area contributed by atoms with Crippen molar-refractivity contribution in [2.45, 2.75) is 18.8 Å². The van der Waals surface area contributed by atoms with E-state index in [0.29, 0.717) is 29.6 Å². The van der Waals surface area contributed by atoms with Gasteiger partial charge in [0.1, 0.15) is 11.5 Å². The number of ether oxygens (including phenoxy) is 2. The van der Waals surface area contributed by atoms with Crippen molar-refractivity contribution in [2.24, 2.45) is 0 Å². The molecule has 1 heterocycles. The van der Waals surface area contributed by atoms with Gasteiger partial charge in [0.05, 0.1) is 26.5 Å². The molecule has 1 aliphatic rings. The second-order valence-corrected chi connectivity index (χ2v) is 6.58. The van der Waals surface area contributed by atoms with Gasteiger partial charge in [-0.1, -0.05) is 30.3 Å². The minimum Gasteiger partial charge on any atom is -0.497 e. The fraction of sp³-hybridized carbons (Fsp3) is 0.381. The van der Waals surface area contributed by atoms with E-state index in [1.807, 2.05) is 6.07 Å². The topological polar surface area (TPSA) is 50.8 Å². The Labute approximate surface area is 154 Å². The van der Waals surface area contributed by atoms with Gasteiger partial charge in [-0.05, 0) is 49.5 Å². The Balaban J connectivity index is 1.52. The molecule has 1 aliphatic heterocycles. The summed E-state index contributed by atoms with van der Waals surface area (Å²) in [5.41, 5.74) is 2.07. The molecule has 138 valence electrons. The van der Waals surface area contributed by atoms with Gasteiger partial charge in [-0.15, -0.1) is 0 Å². The van der Waals surface area contributed by atoms with E-state index in [4.69, 9.17) is 9.47 Å². The zero-order chi connectivity index (χ0) is 18.4. The number of amides is 1. The maximum absolute atomic E-state index is 12.4. The first-order valence-corrected chi connectivity index (χ1v) is 8.98. The lowest BCUT2D eigenvalue weighted by Crippen LogP contribution is -2.38. The van der Waals surface area contributed by atoms with E-state index < -0.39 is 0 Å². The van der Waals surface area contributed by atoms with Gasteiger partial charge in [0.15, 0.2) is 0 Å². The highest BCUT2D eigenvalue weighted by Gasteiger charge is 2.22. The molecule has 1 amide bonds. The highest BCUT2D eigenvalue weighted by Crippen LogP contribution is 2.30. The van der Waals surface area contributed by atoms with Gasteiger partial charge < -0.3 is 14.8 Å². The van der Waals surface area contributed by atoms with E-state index in [1.54, 1.807) is 26.4 Å². The smallest absolute Gasteiger partial charge is 0.238 e. The van der Waals surface area contributed by atoms with E-state index in [1.165, 1.54) is 5.56 Å². The van der Waals surface area contributed by atoms with E-state index in [9.17, 15) is 4.79 Å². The molecule has 2 aromatic rings. The molecule has 1 saturated heterocycles. The standard InChI is InChI=1S/C21H26N2O3/c1-25-18-8-9-19(20(14-18)26-2)22-21(24)15-23-12-10-17(11-13-23)16-6-4-3-5-7-16/h3-9,14,17H,10-13,15H2,1-2H3,(H,22,24). The SMILES string of the molecule is COc1ccc(NC(=O)CN2CCC(c3ccccc3)CC2)c(OC)c1. The lowest BCUT2D eigenvalue weighted by molar-refractivity contribution is -0.117. The molecule has 0 aliphatic carbocycles. The highest BCUT2D eigenvalue weighted by molar-refractivity contribution is 5.93. The van der Waals surface area contributed by atoms with Crippen LogP contribution in [0.25, 0.3) is 0 Å². The van der Waals surface area contributed by atoms with E-state index >= 15 is 0 Å². The van der Waals surface area contributed by atoms with E-state index in [-0.39, 0.29) is 5.91 Å². The number of hydrogen-bond acceptors (Lipinski definition) is 4. The summed E-state index contributed by atoms with van der Waals surface area (Å²) in [5.74, 6) is 1.87. The van der Waals surface area contributed by atoms with Crippen LogP contribution in [0.4, 0.5) is 5.69 Å². The summed E-state index contributed by atoms with van der Waals surface area (Å²) in [7, 11) is 3.19. The Morgan fingerprint density at radius 3 is 2.46 bits per heavy atom. The Hall–Kier alpha value is -2.53. The lowest BCUT2D eigenvalue weighted by atomic mass is 9.89. The normalized spacial score (nSPS) is 15.5. The van der Waals surface area contributed by atoms with Gasteiger partial charge in [0.2, 0.25) is 5.91 Å². The van der Waals surface area contributed by atoms with Crippen molar-refractivity contribution in [2.75, 3.05) is 39.2 Å². The van der Waals surface area contributed by atoms with Crippen molar-refractivity contribution in [3.8, 4) is 11.5 Å². The number of hydrogen-bond donors (Lipinski definition) is 1. The van der Waals surface area contributed by atoms with Gasteiger partial charge in [-0.3, -0.25) is 9.69 Å². The van der Waals surface area contributed by atoms with Crippen molar-refractivity contribution in [3.05, 3.63) is 54.1 Å². The molecular formula is C21H26N2O3. The number of rotatable bonds is 6. The molecule has 26 heavy (non-hydrogen) atoms. The van der Waals surface area contributed by atoms with Crippen LogP contribution < -0.4 is 14.8 Å². The second-order valence-electron chi connectivity index (χ2n) is 6.58. The molecular weight excluding hydrogens is 328 g/mol. The second kappa shape index (κ2) is 8.72. The van der Waals surface area contributed by atoms with Crippen molar-refractivity contribution < 1.29 is 14.3 Å². The summed E-state index contributed by atoms with van der Waals surface area (Å²) in [6, 6.07) is 16.0. The predicted molar refractivity (Wildman–Crippen MR) is 103 cm³/mol. The number of anilines is 1. The molecule has 1 N–H and O–H groups in total. The summed E-state index contributed by atoms with van der Waals surface area (Å²) in [6.45, 7) is 2.27. The number of nitrogens with one attached hydrogen (secondary N) is 1. The van der Waals surface area contributed by atoms with Crippen LogP contribution >= 0.6 is 0 Å². The summed E-state index contributed by atoms with van der Waals surface area (Å²) in [4.78, 5) is 14.6. The first-order valence-electron chi connectivity index (χ1n) is 8.98. The van der Waals surface area contributed by atoms with Crippen molar-refractivity contribution in [1.82, 2.24) is 4.90 Å². The van der Waals surface area contributed by atoms with Crippen molar-refractivity contribution in [1.29, 1.82) is 0 Å². The number of benzene rings is 2.